The number of hydrogen-bond acceptors (Lipinski definition) is 7. The molecule has 0 saturated carbocycles. The average Bonchev–Trinajstić information content (AvgIpc) is 3.19. The predicted molar refractivity (Wildman–Crippen MR) is 95.3 cm³/mol. The van der Waals surface area contributed by atoms with Crippen LogP contribution in [0, 0.1) is 0 Å². The van der Waals surface area contributed by atoms with Crippen molar-refractivity contribution < 1.29 is 13.9 Å². The fourth-order valence-corrected chi connectivity index (χ4v) is 3.54. The number of nitrogens with zero attached hydrogens (tertiary/aromatic N) is 6. The zero-order valence-corrected chi connectivity index (χ0v) is 15.1. The number of halogens is 2. The predicted octanol–water partition coefficient (Wildman–Crippen LogP) is 2.50. The molecule has 3 aromatic heterocycles. The quantitative estimate of drug-likeness (QED) is 0.679. The van der Waals surface area contributed by atoms with E-state index in [1.807, 2.05) is 0 Å². The minimum atomic E-state index is -1.01. The Hall–Kier alpha value is -2.46. The largest absolute Gasteiger partial charge is 0.475 e. The van der Waals surface area contributed by atoms with E-state index in [2.05, 4.69) is 25.5 Å². The molecule has 142 valence electrons. The number of alkyl halides is 1. The lowest BCUT2D eigenvalue weighted by Gasteiger charge is -2.26. The Balaban J connectivity index is 1.53. The Labute approximate surface area is 158 Å². The van der Waals surface area contributed by atoms with Crippen molar-refractivity contribution in [1.82, 2.24) is 29.5 Å². The van der Waals surface area contributed by atoms with Gasteiger partial charge in [-0.05, 0) is 0 Å². The van der Waals surface area contributed by atoms with E-state index in [1.165, 1.54) is 0 Å². The lowest BCUT2D eigenvalue weighted by Crippen LogP contribution is -2.31. The second-order valence-electron chi connectivity index (χ2n) is 6.55. The van der Waals surface area contributed by atoms with Crippen molar-refractivity contribution in [3.05, 3.63) is 17.5 Å². The Bertz CT molecular complexity index is 991. The van der Waals surface area contributed by atoms with Gasteiger partial charge in [-0.15, -0.1) is 5.10 Å². The molecule has 27 heavy (non-hydrogen) atoms. The summed E-state index contributed by atoms with van der Waals surface area (Å²) in [7, 11) is 0. The van der Waals surface area contributed by atoms with E-state index in [9.17, 15) is 4.39 Å². The summed E-state index contributed by atoms with van der Waals surface area (Å²) >= 11 is 6.16. The van der Waals surface area contributed by atoms with E-state index in [1.54, 1.807) is 21.8 Å². The summed E-state index contributed by atoms with van der Waals surface area (Å²) in [6.07, 6.45) is 3.37. The molecule has 2 aliphatic rings. The topological polar surface area (TPSA) is 91.9 Å². The fourth-order valence-electron chi connectivity index (χ4n) is 3.32. The van der Waals surface area contributed by atoms with E-state index in [4.69, 9.17) is 21.1 Å². The van der Waals surface area contributed by atoms with E-state index < -0.39 is 12.2 Å². The molecular formula is C16H17ClFN7O2. The Kier molecular flexibility index (Phi) is 4.09. The van der Waals surface area contributed by atoms with Crippen LogP contribution in [0.25, 0.3) is 11.0 Å². The van der Waals surface area contributed by atoms with Crippen LogP contribution in [0.1, 0.15) is 18.9 Å². The minimum absolute atomic E-state index is 0.280. The number of rotatable bonds is 1. The van der Waals surface area contributed by atoms with Gasteiger partial charge in [-0.2, -0.15) is 10.1 Å². The fraction of sp³-hybridized carbons (Fsp3) is 0.500. The van der Waals surface area contributed by atoms with Gasteiger partial charge in [0.2, 0.25) is 5.95 Å². The number of nitrogens with one attached hydrogen (secondary N) is 1. The van der Waals surface area contributed by atoms with Crippen LogP contribution in [-0.2, 0) is 11.3 Å². The normalized spacial score (nSPS) is 22.7. The summed E-state index contributed by atoms with van der Waals surface area (Å²) in [6, 6.07) is -0.479. The molecule has 0 amide bonds. The van der Waals surface area contributed by atoms with Crippen molar-refractivity contribution in [2.24, 2.45) is 0 Å². The van der Waals surface area contributed by atoms with Gasteiger partial charge in [0.15, 0.2) is 10.8 Å². The van der Waals surface area contributed by atoms with Crippen LogP contribution in [0.15, 0.2) is 12.4 Å². The molecule has 0 spiro atoms. The lowest BCUT2D eigenvalue weighted by molar-refractivity contribution is 0.00304. The number of hydrogen-bond donors (Lipinski definition) is 1. The van der Waals surface area contributed by atoms with Crippen LogP contribution in [0.4, 0.5) is 16.0 Å². The SMILES string of the molecule is F[C@@H]1CCOC[C@H]1n1cc2c(n1)OCCCn1nc(Cl)c3cnc(nc31)N2. The van der Waals surface area contributed by atoms with E-state index in [0.29, 0.717) is 66.3 Å². The molecule has 1 fully saturated rings. The smallest absolute Gasteiger partial charge is 0.256 e. The standard InChI is InChI=1S/C16H17ClFN7O2/c17-13-9-6-19-16-20-11-7-25(12-8-26-5-2-10(12)18)23-15(11)27-4-1-3-24(22-13)14(9)21-16/h6-7,10,12H,1-5,8H2,(H,19,20,21)/t10-,12-/m1/s1. The van der Waals surface area contributed by atoms with Crippen molar-refractivity contribution in [2.45, 2.75) is 31.6 Å². The van der Waals surface area contributed by atoms with Crippen LogP contribution >= 0.6 is 11.6 Å². The third-order valence-corrected chi connectivity index (χ3v) is 5.00. The highest BCUT2D eigenvalue weighted by Crippen LogP contribution is 2.31. The molecule has 2 atom stereocenters. The summed E-state index contributed by atoms with van der Waals surface area (Å²) in [5.74, 6) is 0.748. The van der Waals surface area contributed by atoms with Gasteiger partial charge < -0.3 is 14.8 Å². The molecule has 5 rings (SSSR count). The van der Waals surface area contributed by atoms with Gasteiger partial charge in [-0.3, -0.25) is 4.68 Å². The van der Waals surface area contributed by atoms with E-state index >= 15 is 0 Å². The molecule has 2 bridgehead atoms. The minimum Gasteiger partial charge on any atom is -0.475 e. The van der Waals surface area contributed by atoms with E-state index in [-0.39, 0.29) is 6.61 Å². The summed E-state index contributed by atoms with van der Waals surface area (Å²) < 4.78 is 28.8. The van der Waals surface area contributed by atoms with Gasteiger partial charge in [0.05, 0.1) is 24.8 Å². The molecule has 0 radical (unpaired) electrons. The number of aromatic nitrogens is 6. The van der Waals surface area contributed by atoms with Gasteiger partial charge in [-0.1, -0.05) is 11.6 Å². The van der Waals surface area contributed by atoms with Crippen LogP contribution in [-0.4, -0.2) is 55.5 Å². The molecule has 0 aliphatic carbocycles. The summed E-state index contributed by atoms with van der Waals surface area (Å²) in [6.45, 7) is 1.73. The van der Waals surface area contributed by atoms with Crippen LogP contribution in [0.2, 0.25) is 5.15 Å². The van der Waals surface area contributed by atoms with Crippen LogP contribution in [0.3, 0.4) is 0 Å². The first-order valence-corrected chi connectivity index (χ1v) is 9.16. The first-order valence-electron chi connectivity index (χ1n) is 8.79. The Morgan fingerprint density at radius 3 is 3.11 bits per heavy atom. The van der Waals surface area contributed by atoms with E-state index in [0.717, 1.165) is 0 Å². The Morgan fingerprint density at radius 2 is 2.22 bits per heavy atom. The lowest BCUT2D eigenvalue weighted by atomic mass is 10.1. The maximum absolute atomic E-state index is 14.3. The van der Waals surface area contributed by atoms with Crippen molar-refractivity contribution in [2.75, 3.05) is 25.1 Å². The van der Waals surface area contributed by atoms with Crippen LogP contribution < -0.4 is 10.1 Å². The molecular weight excluding hydrogens is 377 g/mol. The third kappa shape index (κ3) is 2.98. The van der Waals surface area contributed by atoms with Gasteiger partial charge >= 0.3 is 0 Å². The molecule has 11 heteroatoms. The number of anilines is 2. The summed E-state index contributed by atoms with van der Waals surface area (Å²) in [4.78, 5) is 8.81. The first-order chi connectivity index (χ1) is 13.2. The highest BCUT2D eigenvalue weighted by Gasteiger charge is 2.29. The first kappa shape index (κ1) is 16.7. The van der Waals surface area contributed by atoms with Crippen molar-refractivity contribution in [1.29, 1.82) is 0 Å². The zero-order valence-electron chi connectivity index (χ0n) is 14.3. The van der Waals surface area contributed by atoms with Gasteiger partial charge in [0.1, 0.15) is 17.9 Å². The molecule has 1 N–H and O–H groups in total. The highest BCUT2D eigenvalue weighted by atomic mass is 35.5. The molecule has 9 nitrogen and oxygen atoms in total. The second kappa shape index (κ2) is 6.61. The maximum Gasteiger partial charge on any atom is 0.256 e. The number of fused-ring (bicyclic) bond motifs is 2. The van der Waals surface area contributed by atoms with Crippen molar-refractivity contribution >= 4 is 34.3 Å². The van der Waals surface area contributed by atoms with Crippen LogP contribution in [0.5, 0.6) is 5.88 Å². The number of aryl methyl sites for hydroxylation is 1. The third-order valence-electron chi connectivity index (χ3n) is 4.73. The Morgan fingerprint density at radius 1 is 1.30 bits per heavy atom. The monoisotopic (exact) mass is 393 g/mol. The zero-order chi connectivity index (χ0) is 18.4. The maximum atomic E-state index is 14.3. The second-order valence-corrected chi connectivity index (χ2v) is 6.90. The molecule has 0 aromatic carbocycles. The molecule has 5 heterocycles. The van der Waals surface area contributed by atoms with Gasteiger partial charge in [0, 0.05) is 32.2 Å². The summed E-state index contributed by atoms with van der Waals surface area (Å²) in [5.41, 5.74) is 1.23. The molecule has 3 aromatic rings. The van der Waals surface area contributed by atoms with Gasteiger partial charge in [-0.25, -0.2) is 14.1 Å². The molecule has 1 saturated heterocycles. The molecule has 2 aliphatic heterocycles. The average molecular weight is 394 g/mol. The number of ether oxygens (including phenoxy) is 2. The van der Waals surface area contributed by atoms with Gasteiger partial charge in [0.25, 0.3) is 5.88 Å². The molecule has 0 unspecified atom stereocenters. The van der Waals surface area contributed by atoms with Crippen molar-refractivity contribution in [3.63, 3.8) is 0 Å². The summed E-state index contributed by atoms with van der Waals surface area (Å²) in [5, 5.41) is 12.9. The van der Waals surface area contributed by atoms with Crippen molar-refractivity contribution in [3.8, 4) is 5.88 Å². The highest BCUT2D eigenvalue weighted by molar-refractivity contribution is 6.34.